The van der Waals surface area contributed by atoms with Crippen LogP contribution < -0.4 is 10.6 Å². The molecule has 1 aromatic carbocycles. The van der Waals surface area contributed by atoms with Crippen LogP contribution in [0.1, 0.15) is 29.1 Å². The highest BCUT2D eigenvalue weighted by molar-refractivity contribution is 7.09. The van der Waals surface area contributed by atoms with Gasteiger partial charge in [0.2, 0.25) is 0 Å². The van der Waals surface area contributed by atoms with E-state index in [2.05, 4.69) is 15.6 Å². The summed E-state index contributed by atoms with van der Waals surface area (Å²) in [6, 6.07) is 5.88. The Kier molecular flexibility index (Phi) is 5.64. The van der Waals surface area contributed by atoms with Gasteiger partial charge in [-0.25, -0.2) is 9.78 Å². The summed E-state index contributed by atoms with van der Waals surface area (Å²) in [5.41, 5.74) is 1.67. The minimum absolute atomic E-state index is 0.0115. The van der Waals surface area contributed by atoms with Gasteiger partial charge in [-0.3, -0.25) is 10.1 Å². The number of hydrogen-bond acceptors (Lipinski definition) is 5. The molecule has 2 aromatic rings. The van der Waals surface area contributed by atoms with E-state index in [4.69, 9.17) is 0 Å². The van der Waals surface area contributed by atoms with Gasteiger partial charge in [0.05, 0.1) is 9.93 Å². The zero-order chi connectivity index (χ0) is 16.8. The Morgan fingerprint density at radius 2 is 2.22 bits per heavy atom. The van der Waals surface area contributed by atoms with Gasteiger partial charge in [-0.15, -0.1) is 11.3 Å². The largest absolute Gasteiger partial charge is 0.337 e. The number of rotatable bonds is 6. The van der Waals surface area contributed by atoms with E-state index in [1.807, 2.05) is 19.2 Å². The first-order chi connectivity index (χ1) is 11.0. The number of urea groups is 1. The number of hydrogen-bond donors (Lipinski definition) is 2. The topological polar surface area (TPSA) is 97.2 Å². The Morgan fingerprint density at radius 3 is 2.87 bits per heavy atom. The summed E-state index contributed by atoms with van der Waals surface area (Å²) in [7, 11) is 0. The second-order valence-corrected chi connectivity index (χ2v) is 6.11. The maximum Gasteiger partial charge on any atom is 0.315 e. The molecule has 1 aromatic heterocycles. The molecule has 0 saturated carbocycles. The molecular weight excluding hydrogens is 316 g/mol. The standard InChI is InChI=1S/C15H18N4O3S/c1-10(14-18-11(2)9-23-14)7-16-15(20)17-8-12-4-3-5-13(6-12)19(21)22/h3-6,9-10H,7-8H2,1-2H3,(H2,16,17,20)/t10-/m0/s1. The van der Waals surface area contributed by atoms with Crippen molar-refractivity contribution in [3.63, 3.8) is 0 Å². The second-order valence-electron chi connectivity index (χ2n) is 5.22. The second kappa shape index (κ2) is 7.68. The molecule has 0 aliphatic heterocycles. The number of aromatic nitrogens is 1. The fraction of sp³-hybridized carbons (Fsp3) is 0.333. The molecular formula is C15H18N4O3S. The number of thiazole rings is 1. The van der Waals surface area contributed by atoms with Gasteiger partial charge in [-0.1, -0.05) is 19.1 Å². The van der Waals surface area contributed by atoms with Crippen molar-refractivity contribution in [2.24, 2.45) is 0 Å². The highest BCUT2D eigenvalue weighted by Crippen LogP contribution is 2.18. The maximum absolute atomic E-state index is 11.8. The minimum Gasteiger partial charge on any atom is -0.337 e. The molecule has 0 radical (unpaired) electrons. The Bertz CT molecular complexity index is 702. The van der Waals surface area contributed by atoms with E-state index in [0.29, 0.717) is 12.1 Å². The fourth-order valence-corrected chi connectivity index (χ4v) is 2.81. The molecule has 2 N–H and O–H groups in total. The normalized spacial score (nSPS) is 11.7. The van der Waals surface area contributed by atoms with Crippen molar-refractivity contribution >= 4 is 23.1 Å². The van der Waals surface area contributed by atoms with Gasteiger partial charge in [0.15, 0.2) is 0 Å². The van der Waals surface area contributed by atoms with E-state index < -0.39 is 4.92 Å². The van der Waals surface area contributed by atoms with Crippen LogP contribution in [-0.4, -0.2) is 22.5 Å². The van der Waals surface area contributed by atoms with Crippen molar-refractivity contribution in [2.45, 2.75) is 26.3 Å². The predicted octanol–water partition coefficient (Wildman–Crippen LogP) is 2.96. The van der Waals surface area contributed by atoms with Crippen molar-refractivity contribution in [1.82, 2.24) is 15.6 Å². The summed E-state index contributed by atoms with van der Waals surface area (Å²) in [5, 5.41) is 19.1. The molecule has 0 spiro atoms. The van der Waals surface area contributed by atoms with Gasteiger partial charge < -0.3 is 10.6 Å². The quantitative estimate of drug-likeness (QED) is 0.627. The summed E-state index contributed by atoms with van der Waals surface area (Å²) in [6.45, 7) is 4.65. The molecule has 0 aliphatic carbocycles. The highest BCUT2D eigenvalue weighted by Gasteiger charge is 2.11. The third kappa shape index (κ3) is 5.03. The summed E-state index contributed by atoms with van der Waals surface area (Å²) in [4.78, 5) is 26.4. The van der Waals surface area contributed by atoms with Crippen molar-refractivity contribution < 1.29 is 9.72 Å². The van der Waals surface area contributed by atoms with Gasteiger partial charge >= 0.3 is 6.03 Å². The zero-order valence-electron chi connectivity index (χ0n) is 12.9. The minimum atomic E-state index is -0.457. The lowest BCUT2D eigenvalue weighted by atomic mass is 10.2. The van der Waals surface area contributed by atoms with Crippen molar-refractivity contribution in [3.05, 3.63) is 56.0 Å². The van der Waals surface area contributed by atoms with Gasteiger partial charge in [0, 0.05) is 42.2 Å². The summed E-state index contributed by atoms with van der Waals surface area (Å²) in [6.07, 6.45) is 0. The first-order valence-electron chi connectivity index (χ1n) is 7.12. The SMILES string of the molecule is Cc1csc([C@@H](C)CNC(=O)NCc2cccc([N+](=O)[O-])c2)n1. The average Bonchev–Trinajstić information content (AvgIpc) is 2.97. The highest BCUT2D eigenvalue weighted by atomic mass is 32.1. The molecule has 1 heterocycles. The lowest BCUT2D eigenvalue weighted by Gasteiger charge is -2.11. The van der Waals surface area contributed by atoms with Crippen LogP contribution in [0.15, 0.2) is 29.6 Å². The molecule has 2 amide bonds. The molecule has 1 atom stereocenters. The van der Waals surface area contributed by atoms with Crippen LogP contribution in [0.4, 0.5) is 10.5 Å². The molecule has 0 saturated heterocycles. The number of amides is 2. The van der Waals surface area contributed by atoms with Gasteiger partial charge in [-0.2, -0.15) is 0 Å². The van der Waals surface area contributed by atoms with Crippen LogP contribution in [0.2, 0.25) is 0 Å². The van der Waals surface area contributed by atoms with Gasteiger partial charge in [0.25, 0.3) is 5.69 Å². The van der Waals surface area contributed by atoms with Crippen LogP contribution in [0.25, 0.3) is 0 Å². The van der Waals surface area contributed by atoms with E-state index >= 15 is 0 Å². The average molecular weight is 334 g/mol. The molecule has 2 rings (SSSR count). The molecule has 0 unspecified atom stereocenters. The van der Waals surface area contributed by atoms with Gasteiger partial charge in [0.1, 0.15) is 0 Å². The van der Waals surface area contributed by atoms with E-state index in [1.165, 1.54) is 12.1 Å². The molecule has 23 heavy (non-hydrogen) atoms. The molecule has 0 fully saturated rings. The number of carbonyl (C=O) groups excluding carboxylic acids is 1. The number of nitrogens with one attached hydrogen (secondary N) is 2. The van der Waals surface area contributed by atoms with Crippen molar-refractivity contribution in [1.29, 1.82) is 0 Å². The van der Waals surface area contributed by atoms with Crippen LogP contribution in [0, 0.1) is 17.0 Å². The monoisotopic (exact) mass is 334 g/mol. The Morgan fingerprint density at radius 1 is 1.43 bits per heavy atom. The van der Waals surface area contributed by atoms with Crippen LogP contribution in [0.3, 0.4) is 0 Å². The predicted molar refractivity (Wildman–Crippen MR) is 88.6 cm³/mol. The van der Waals surface area contributed by atoms with Crippen LogP contribution >= 0.6 is 11.3 Å². The summed E-state index contributed by atoms with van der Waals surface area (Å²) in [5.74, 6) is 0.136. The molecule has 122 valence electrons. The third-order valence-corrected chi connectivity index (χ3v) is 4.40. The number of non-ortho nitro benzene ring substituents is 1. The fourth-order valence-electron chi connectivity index (χ4n) is 1.96. The number of aryl methyl sites for hydroxylation is 1. The first-order valence-corrected chi connectivity index (χ1v) is 8.00. The van der Waals surface area contributed by atoms with Crippen LogP contribution in [0.5, 0.6) is 0 Å². The molecule has 7 nitrogen and oxygen atoms in total. The lowest BCUT2D eigenvalue weighted by molar-refractivity contribution is -0.384. The summed E-state index contributed by atoms with van der Waals surface area (Å²) < 4.78 is 0. The molecule has 0 aliphatic rings. The van der Waals surface area contributed by atoms with Crippen LogP contribution in [-0.2, 0) is 6.54 Å². The van der Waals surface area contributed by atoms with E-state index in [-0.39, 0.29) is 24.2 Å². The van der Waals surface area contributed by atoms with Gasteiger partial charge in [-0.05, 0) is 12.5 Å². The summed E-state index contributed by atoms with van der Waals surface area (Å²) >= 11 is 1.58. The zero-order valence-corrected chi connectivity index (χ0v) is 13.7. The number of carbonyl (C=O) groups is 1. The third-order valence-electron chi connectivity index (χ3n) is 3.20. The molecule has 0 bridgehead atoms. The number of nitro benzene ring substituents is 1. The maximum atomic E-state index is 11.8. The number of nitro groups is 1. The lowest BCUT2D eigenvalue weighted by Crippen LogP contribution is -2.37. The Balaban J connectivity index is 1.79. The smallest absolute Gasteiger partial charge is 0.315 e. The Hall–Kier alpha value is -2.48. The van der Waals surface area contributed by atoms with E-state index in [0.717, 1.165) is 10.7 Å². The van der Waals surface area contributed by atoms with E-state index in [1.54, 1.807) is 23.5 Å². The number of benzene rings is 1. The first kappa shape index (κ1) is 16.9. The Labute approximate surface area is 137 Å². The number of nitrogens with zero attached hydrogens (tertiary/aromatic N) is 2. The van der Waals surface area contributed by atoms with E-state index in [9.17, 15) is 14.9 Å². The molecule has 8 heteroatoms. The van der Waals surface area contributed by atoms with Crippen molar-refractivity contribution in [3.8, 4) is 0 Å². The van der Waals surface area contributed by atoms with Crippen molar-refractivity contribution in [2.75, 3.05) is 6.54 Å².